The highest BCUT2D eigenvalue weighted by molar-refractivity contribution is 5.73. The zero-order chi connectivity index (χ0) is 19.4. The average Bonchev–Trinajstić information content (AvgIpc) is 2.68. The van der Waals surface area contributed by atoms with Crippen molar-refractivity contribution in [3.8, 4) is 5.75 Å². The maximum atomic E-state index is 11.1. The van der Waals surface area contributed by atoms with Gasteiger partial charge in [0, 0.05) is 0 Å². The molecule has 0 aromatic heterocycles. The summed E-state index contributed by atoms with van der Waals surface area (Å²) in [5.41, 5.74) is 1.25. The van der Waals surface area contributed by atoms with E-state index in [1.54, 1.807) is 24.3 Å². The summed E-state index contributed by atoms with van der Waals surface area (Å²) in [5.74, 6) is -1.22. The van der Waals surface area contributed by atoms with Crippen molar-refractivity contribution in [2.45, 2.75) is 30.7 Å². The maximum absolute atomic E-state index is 11.1. The number of rotatable bonds is 5. The third-order valence-corrected chi connectivity index (χ3v) is 3.94. The van der Waals surface area contributed by atoms with Crippen LogP contribution < -0.4 is 4.74 Å². The van der Waals surface area contributed by atoms with E-state index in [0.717, 1.165) is 0 Å². The van der Waals surface area contributed by atoms with Gasteiger partial charge in [-0.1, -0.05) is 18.2 Å². The topological polar surface area (TPSA) is 141 Å². The Morgan fingerprint density at radius 1 is 0.852 bits per heavy atom. The van der Waals surface area contributed by atoms with Gasteiger partial charge in [-0.3, -0.25) is 0 Å². The highest BCUT2D eigenvalue weighted by Gasteiger charge is 2.48. The second-order valence-corrected chi connectivity index (χ2v) is 5.88. The number of hydrogen-bond donors (Lipinski definition) is 4. The number of carbonyl (C=O) groups is 1. The van der Waals surface area contributed by atoms with Crippen LogP contribution in [0, 0.1) is 0 Å². The predicted molar refractivity (Wildman–Crippen MR) is 92.0 cm³/mol. The maximum Gasteiger partial charge on any atom is 0.335 e. The molecule has 9 nitrogen and oxygen atoms in total. The molecule has 1 unspecified atom stereocenters. The summed E-state index contributed by atoms with van der Waals surface area (Å²) in [6, 6.07) is 15.5. The number of carboxylic acids is 1. The van der Waals surface area contributed by atoms with Crippen LogP contribution >= 0.6 is 0 Å². The molecule has 1 heterocycles. The molecule has 142 valence electrons. The van der Waals surface area contributed by atoms with Crippen molar-refractivity contribution >= 4 is 17.3 Å². The van der Waals surface area contributed by atoms with Crippen molar-refractivity contribution in [2.24, 2.45) is 10.2 Å². The number of benzene rings is 2. The number of aliphatic hydroxyl groups is 3. The van der Waals surface area contributed by atoms with Crippen molar-refractivity contribution in [3.63, 3.8) is 0 Å². The Morgan fingerprint density at radius 2 is 1.44 bits per heavy atom. The van der Waals surface area contributed by atoms with E-state index in [2.05, 4.69) is 10.2 Å². The normalized spacial score (nSPS) is 28.2. The molecule has 0 saturated carbocycles. The van der Waals surface area contributed by atoms with E-state index in [-0.39, 0.29) is 5.75 Å². The molecule has 27 heavy (non-hydrogen) atoms. The molecule has 1 saturated heterocycles. The van der Waals surface area contributed by atoms with Gasteiger partial charge in [-0.25, -0.2) is 4.79 Å². The third-order valence-electron chi connectivity index (χ3n) is 3.94. The number of aliphatic carboxylic acids is 1. The zero-order valence-electron chi connectivity index (χ0n) is 14.0. The van der Waals surface area contributed by atoms with Gasteiger partial charge >= 0.3 is 5.97 Å². The summed E-state index contributed by atoms with van der Waals surface area (Å²) in [6.07, 6.45) is -8.27. The molecule has 3 rings (SSSR count). The van der Waals surface area contributed by atoms with Gasteiger partial charge in [-0.2, -0.15) is 10.2 Å². The lowest BCUT2D eigenvalue weighted by atomic mass is 9.99. The van der Waals surface area contributed by atoms with Crippen LogP contribution in [-0.4, -0.2) is 57.1 Å². The van der Waals surface area contributed by atoms with E-state index < -0.39 is 36.7 Å². The smallest absolute Gasteiger partial charge is 0.335 e. The van der Waals surface area contributed by atoms with Crippen LogP contribution in [0.5, 0.6) is 5.75 Å². The lowest BCUT2D eigenvalue weighted by molar-refractivity contribution is -0.271. The van der Waals surface area contributed by atoms with E-state index in [1.807, 2.05) is 18.2 Å². The first-order chi connectivity index (χ1) is 13.0. The summed E-state index contributed by atoms with van der Waals surface area (Å²) in [7, 11) is 0. The van der Waals surface area contributed by atoms with Crippen LogP contribution in [0.2, 0.25) is 0 Å². The first-order valence-electron chi connectivity index (χ1n) is 8.11. The van der Waals surface area contributed by atoms with Gasteiger partial charge in [-0.15, -0.1) is 0 Å². The van der Waals surface area contributed by atoms with Crippen molar-refractivity contribution in [3.05, 3.63) is 54.6 Å². The minimum atomic E-state index is -1.77. The van der Waals surface area contributed by atoms with Gasteiger partial charge < -0.3 is 29.9 Å². The molecule has 0 bridgehead atoms. The summed E-state index contributed by atoms with van der Waals surface area (Å²) < 4.78 is 10.5. The van der Waals surface area contributed by atoms with E-state index in [1.165, 1.54) is 12.1 Å². The predicted octanol–water partition coefficient (Wildman–Crippen LogP) is 1.37. The Bertz CT molecular complexity index is 797. The van der Waals surface area contributed by atoms with Crippen molar-refractivity contribution in [2.75, 3.05) is 0 Å². The first kappa shape index (κ1) is 18.9. The molecular weight excluding hydrogens is 356 g/mol. The monoisotopic (exact) mass is 374 g/mol. The lowest BCUT2D eigenvalue weighted by Crippen LogP contribution is -2.61. The van der Waals surface area contributed by atoms with Crippen LogP contribution in [0.25, 0.3) is 0 Å². The van der Waals surface area contributed by atoms with Gasteiger partial charge in [-0.05, 0) is 36.4 Å². The standard InChI is InChI=1S/C18H18N2O7/c21-13-14(22)16(17(24)25)27-18(15(13)23)26-12-8-6-11(7-9-12)20-19-10-4-2-1-3-5-10/h1-9,13-16,18,21-23H,(H,24,25)/t13-,14-,15+,16-,18?/m0/s1. The summed E-state index contributed by atoms with van der Waals surface area (Å²) in [4.78, 5) is 11.1. The molecule has 0 radical (unpaired) electrons. The van der Waals surface area contributed by atoms with Crippen molar-refractivity contribution in [1.29, 1.82) is 0 Å². The van der Waals surface area contributed by atoms with Gasteiger partial charge in [0.2, 0.25) is 6.29 Å². The van der Waals surface area contributed by atoms with Gasteiger partial charge in [0.1, 0.15) is 24.1 Å². The Labute approximate surface area is 154 Å². The van der Waals surface area contributed by atoms with E-state index in [9.17, 15) is 20.1 Å². The molecule has 2 aromatic rings. The van der Waals surface area contributed by atoms with Gasteiger partial charge in [0.05, 0.1) is 11.4 Å². The van der Waals surface area contributed by atoms with Gasteiger partial charge in [0.25, 0.3) is 0 Å². The second-order valence-electron chi connectivity index (χ2n) is 5.88. The minimum absolute atomic E-state index is 0.255. The third kappa shape index (κ3) is 4.47. The second kappa shape index (κ2) is 8.23. The molecule has 5 atom stereocenters. The fourth-order valence-corrected chi connectivity index (χ4v) is 2.48. The number of ether oxygens (including phenoxy) is 2. The largest absolute Gasteiger partial charge is 0.479 e. The molecular formula is C18H18N2O7. The Morgan fingerprint density at radius 3 is 2.04 bits per heavy atom. The first-order valence-corrected chi connectivity index (χ1v) is 8.11. The van der Waals surface area contributed by atoms with Crippen LogP contribution in [-0.2, 0) is 9.53 Å². The van der Waals surface area contributed by atoms with E-state index in [4.69, 9.17) is 14.6 Å². The summed E-state index contributed by atoms with van der Waals surface area (Å²) in [6.45, 7) is 0. The fourth-order valence-electron chi connectivity index (χ4n) is 2.48. The quantitative estimate of drug-likeness (QED) is 0.579. The van der Waals surface area contributed by atoms with Crippen molar-refractivity contribution in [1.82, 2.24) is 0 Å². The molecule has 1 fully saturated rings. The minimum Gasteiger partial charge on any atom is -0.479 e. The lowest BCUT2D eigenvalue weighted by Gasteiger charge is -2.38. The zero-order valence-corrected chi connectivity index (χ0v) is 14.0. The van der Waals surface area contributed by atoms with Crippen LogP contribution in [0.4, 0.5) is 11.4 Å². The average molecular weight is 374 g/mol. The molecule has 0 aliphatic carbocycles. The number of nitrogens with zero attached hydrogens (tertiary/aromatic N) is 2. The van der Waals surface area contributed by atoms with Crippen LogP contribution in [0.3, 0.4) is 0 Å². The Balaban J connectivity index is 1.67. The number of aliphatic hydroxyl groups excluding tert-OH is 3. The van der Waals surface area contributed by atoms with E-state index in [0.29, 0.717) is 11.4 Å². The number of carboxylic acid groups (broad SMARTS) is 1. The molecule has 0 amide bonds. The van der Waals surface area contributed by atoms with Crippen molar-refractivity contribution < 1.29 is 34.7 Å². The summed E-state index contributed by atoms with van der Waals surface area (Å²) in [5, 5.41) is 46.6. The molecule has 9 heteroatoms. The molecule has 0 spiro atoms. The molecule has 1 aliphatic heterocycles. The highest BCUT2D eigenvalue weighted by atomic mass is 16.7. The number of azo groups is 1. The Kier molecular flexibility index (Phi) is 5.77. The highest BCUT2D eigenvalue weighted by Crippen LogP contribution is 2.26. The van der Waals surface area contributed by atoms with Gasteiger partial charge in [0.15, 0.2) is 6.10 Å². The molecule has 1 aliphatic rings. The van der Waals surface area contributed by atoms with Crippen LogP contribution in [0.1, 0.15) is 0 Å². The molecule has 2 aromatic carbocycles. The fraction of sp³-hybridized carbons (Fsp3) is 0.278. The van der Waals surface area contributed by atoms with Crippen LogP contribution in [0.15, 0.2) is 64.8 Å². The molecule has 4 N–H and O–H groups in total. The van der Waals surface area contributed by atoms with E-state index >= 15 is 0 Å². The SMILES string of the molecule is O=C(O)[C@H]1OC(Oc2ccc(N=Nc3ccccc3)cc2)[C@H](O)[C@@H](O)[C@@H]1O. The number of hydrogen-bond acceptors (Lipinski definition) is 8. The Hall–Kier alpha value is -2.85. The summed E-state index contributed by atoms with van der Waals surface area (Å²) >= 11 is 0.